The van der Waals surface area contributed by atoms with E-state index in [0.717, 1.165) is 0 Å². The Kier molecular flexibility index (Phi) is 5.91. The molecule has 8 heteroatoms. The fourth-order valence-corrected chi connectivity index (χ4v) is 2.25. The molecule has 1 rings (SSSR count). The van der Waals surface area contributed by atoms with Crippen molar-refractivity contribution >= 4 is 34.0 Å². The molecule has 0 saturated carbocycles. The van der Waals surface area contributed by atoms with Gasteiger partial charge in [0.2, 0.25) is 0 Å². The summed E-state index contributed by atoms with van der Waals surface area (Å²) in [4.78, 5) is 21.8. The second-order valence-corrected chi connectivity index (χ2v) is 5.83. The minimum atomic E-state index is -0.973. The third kappa shape index (κ3) is 4.29. The van der Waals surface area contributed by atoms with Gasteiger partial charge in [-0.2, -0.15) is 0 Å². The van der Waals surface area contributed by atoms with Crippen LogP contribution in [-0.2, 0) is 10.8 Å². The molecule has 0 fully saturated rings. The van der Waals surface area contributed by atoms with Crippen LogP contribution >= 0.6 is 11.6 Å². The summed E-state index contributed by atoms with van der Waals surface area (Å²) in [5.74, 6) is 0.351. The Labute approximate surface area is 117 Å². The van der Waals surface area contributed by atoms with E-state index in [1.54, 1.807) is 6.92 Å². The van der Waals surface area contributed by atoms with E-state index < -0.39 is 21.6 Å². The Morgan fingerprint density at radius 3 is 2.79 bits per heavy atom. The zero-order valence-electron chi connectivity index (χ0n) is 10.2. The number of hydrogen-bond acceptors (Lipinski definition) is 4. The van der Waals surface area contributed by atoms with Gasteiger partial charge in [0.15, 0.2) is 0 Å². The molecule has 1 unspecified atom stereocenters. The first-order chi connectivity index (χ1) is 8.97. The second kappa shape index (κ2) is 7.20. The quantitative estimate of drug-likeness (QED) is 0.640. The van der Waals surface area contributed by atoms with Crippen LogP contribution in [-0.4, -0.2) is 33.1 Å². The number of benzene rings is 1. The molecule has 0 bridgehead atoms. The molecule has 1 amide bonds. The van der Waals surface area contributed by atoms with Gasteiger partial charge in [-0.1, -0.05) is 24.6 Å². The highest BCUT2D eigenvalue weighted by molar-refractivity contribution is 7.84. The van der Waals surface area contributed by atoms with Crippen LogP contribution < -0.4 is 5.32 Å². The molecule has 1 atom stereocenters. The van der Waals surface area contributed by atoms with E-state index in [2.05, 4.69) is 5.32 Å². The van der Waals surface area contributed by atoms with Crippen molar-refractivity contribution in [3.63, 3.8) is 0 Å². The van der Waals surface area contributed by atoms with Crippen LogP contribution in [0.5, 0.6) is 0 Å². The Balaban J connectivity index is 2.75. The van der Waals surface area contributed by atoms with E-state index in [1.807, 2.05) is 0 Å². The third-order valence-electron chi connectivity index (χ3n) is 2.36. The van der Waals surface area contributed by atoms with Crippen molar-refractivity contribution in [2.45, 2.75) is 6.92 Å². The predicted molar refractivity (Wildman–Crippen MR) is 74.0 cm³/mol. The molecule has 0 spiro atoms. The molecule has 0 aliphatic heterocycles. The molecule has 0 aliphatic carbocycles. The van der Waals surface area contributed by atoms with Gasteiger partial charge in [-0.15, -0.1) is 0 Å². The molecule has 0 aliphatic rings. The van der Waals surface area contributed by atoms with Gasteiger partial charge in [-0.05, 0) is 6.07 Å². The van der Waals surface area contributed by atoms with Crippen molar-refractivity contribution in [2.75, 3.05) is 18.1 Å². The molecule has 1 N–H and O–H groups in total. The van der Waals surface area contributed by atoms with E-state index in [0.29, 0.717) is 11.5 Å². The highest BCUT2D eigenvalue weighted by Crippen LogP contribution is 2.27. The zero-order chi connectivity index (χ0) is 14.4. The average molecular weight is 305 g/mol. The second-order valence-electron chi connectivity index (χ2n) is 3.58. The standard InChI is InChI=1S/C11H13ClN2O4S/c1-2-19(18)7-6-13-11(15)8-4-3-5-9(10(8)12)14(16)17/h3-5H,2,6-7H2,1H3,(H,13,15). The summed E-state index contributed by atoms with van der Waals surface area (Å²) >= 11 is 5.80. The molecule has 1 aromatic carbocycles. The maximum absolute atomic E-state index is 11.8. The number of nitro groups is 1. The summed E-state index contributed by atoms with van der Waals surface area (Å²) in [7, 11) is -0.973. The Morgan fingerprint density at radius 1 is 1.53 bits per heavy atom. The first-order valence-electron chi connectivity index (χ1n) is 5.53. The SMILES string of the molecule is CCS(=O)CCNC(=O)c1cccc([N+](=O)[O-])c1Cl. The monoisotopic (exact) mass is 304 g/mol. The van der Waals surface area contributed by atoms with Crippen molar-refractivity contribution < 1.29 is 13.9 Å². The van der Waals surface area contributed by atoms with Crippen LogP contribution in [0, 0.1) is 10.1 Å². The number of nitrogens with zero attached hydrogens (tertiary/aromatic N) is 1. The first-order valence-corrected chi connectivity index (χ1v) is 7.40. The van der Waals surface area contributed by atoms with Crippen LogP contribution in [0.15, 0.2) is 18.2 Å². The molecule has 1 aromatic rings. The number of carbonyl (C=O) groups excluding carboxylic acids is 1. The molecular weight excluding hydrogens is 292 g/mol. The van der Waals surface area contributed by atoms with E-state index in [1.165, 1.54) is 18.2 Å². The highest BCUT2D eigenvalue weighted by Gasteiger charge is 2.19. The lowest BCUT2D eigenvalue weighted by Crippen LogP contribution is -2.28. The predicted octanol–water partition coefficient (Wildman–Crippen LogP) is 1.75. The lowest BCUT2D eigenvalue weighted by atomic mass is 10.2. The van der Waals surface area contributed by atoms with Crippen molar-refractivity contribution in [3.05, 3.63) is 38.9 Å². The van der Waals surface area contributed by atoms with E-state index >= 15 is 0 Å². The molecular formula is C11H13ClN2O4S. The maximum atomic E-state index is 11.8. The Hall–Kier alpha value is -1.47. The largest absolute Gasteiger partial charge is 0.351 e. The summed E-state index contributed by atoms with van der Waals surface area (Å²) in [6.45, 7) is 2.02. The Bertz CT molecular complexity index is 521. The lowest BCUT2D eigenvalue weighted by Gasteiger charge is -2.06. The molecule has 6 nitrogen and oxygen atoms in total. The van der Waals surface area contributed by atoms with Gasteiger partial charge in [-0.3, -0.25) is 19.1 Å². The number of hydrogen-bond donors (Lipinski definition) is 1. The third-order valence-corrected chi connectivity index (χ3v) is 4.06. The normalized spacial score (nSPS) is 11.9. The average Bonchev–Trinajstić information content (AvgIpc) is 2.38. The van der Waals surface area contributed by atoms with Crippen LogP contribution in [0.4, 0.5) is 5.69 Å². The summed E-state index contributed by atoms with van der Waals surface area (Å²) in [5, 5.41) is 13.0. The van der Waals surface area contributed by atoms with E-state index in [9.17, 15) is 19.1 Å². The van der Waals surface area contributed by atoms with Gasteiger partial charge in [-0.25, -0.2) is 0 Å². The summed E-state index contributed by atoms with van der Waals surface area (Å²) in [5.41, 5.74) is -0.274. The van der Waals surface area contributed by atoms with Gasteiger partial charge in [0.25, 0.3) is 11.6 Å². The van der Waals surface area contributed by atoms with Crippen molar-refractivity contribution in [3.8, 4) is 0 Å². The number of halogens is 1. The number of nitrogens with one attached hydrogen (secondary N) is 1. The van der Waals surface area contributed by atoms with Crippen LogP contribution in [0.1, 0.15) is 17.3 Å². The molecule has 0 radical (unpaired) electrons. The summed E-state index contributed by atoms with van der Waals surface area (Å²) < 4.78 is 11.2. The summed E-state index contributed by atoms with van der Waals surface area (Å²) in [6, 6.07) is 4.02. The molecule has 0 heterocycles. The molecule has 19 heavy (non-hydrogen) atoms. The molecule has 104 valence electrons. The van der Waals surface area contributed by atoms with Gasteiger partial charge < -0.3 is 5.32 Å². The minimum absolute atomic E-state index is 0.0400. The summed E-state index contributed by atoms with van der Waals surface area (Å²) in [6.07, 6.45) is 0. The maximum Gasteiger partial charge on any atom is 0.288 e. The number of nitro benzene ring substituents is 1. The van der Waals surface area contributed by atoms with E-state index in [4.69, 9.17) is 11.6 Å². The number of amides is 1. The van der Waals surface area contributed by atoms with Crippen molar-refractivity contribution in [1.29, 1.82) is 0 Å². The first kappa shape index (κ1) is 15.6. The topological polar surface area (TPSA) is 89.3 Å². The van der Waals surface area contributed by atoms with Gasteiger partial charge in [0.05, 0.1) is 10.5 Å². The number of carbonyl (C=O) groups is 1. The fraction of sp³-hybridized carbons (Fsp3) is 0.364. The zero-order valence-corrected chi connectivity index (χ0v) is 11.8. The van der Waals surface area contributed by atoms with Crippen molar-refractivity contribution in [1.82, 2.24) is 5.32 Å². The van der Waals surface area contributed by atoms with Crippen molar-refractivity contribution in [2.24, 2.45) is 0 Å². The van der Waals surface area contributed by atoms with Gasteiger partial charge in [0.1, 0.15) is 5.02 Å². The van der Waals surface area contributed by atoms with Gasteiger partial charge in [0, 0.05) is 34.9 Å². The van der Waals surface area contributed by atoms with Crippen LogP contribution in [0.3, 0.4) is 0 Å². The number of rotatable bonds is 6. The van der Waals surface area contributed by atoms with Gasteiger partial charge >= 0.3 is 0 Å². The van der Waals surface area contributed by atoms with Crippen LogP contribution in [0.25, 0.3) is 0 Å². The van der Waals surface area contributed by atoms with E-state index in [-0.39, 0.29) is 22.8 Å². The smallest absolute Gasteiger partial charge is 0.288 e. The lowest BCUT2D eigenvalue weighted by molar-refractivity contribution is -0.384. The highest BCUT2D eigenvalue weighted by atomic mass is 35.5. The molecule has 0 saturated heterocycles. The molecule has 0 aromatic heterocycles. The van der Waals surface area contributed by atoms with Crippen LogP contribution in [0.2, 0.25) is 5.02 Å². The fourth-order valence-electron chi connectivity index (χ4n) is 1.35. The minimum Gasteiger partial charge on any atom is -0.351 e. The Morgan fingerprint density at radius 2 is 2.21 bits per heavy atom.